The third kappa shape index (κ3) is 4.31. The molecule has 0 saturated carbocycles. The smallest absolute Gasteiger partial charge is 0.340 e. The number of aryl methyl sites for hydroxylation is 1. The molecule has 1 aliphatic rings. The van der Waals surface area contributed by atoms with Crippen molar-refractivity contribution in [2.75, 3.05) is 43.6 Å². The zero-order valence-electron chi connectivity index (χ0n) is 17.0. The Morgan fingerprint density at radius 3 is 2.70 bits per heavy atom. The molecule has 4 rings (SSSR count). The van der Waals surface area contributed by atoms with Crippen LogP contribution in [0.15, 0.2) is 54.7 Å². The minimum Gasteiger partial charge on any atom is -0.465 e. The van der Waals surface area contributed by atoms with Crippen LogP contribution in [0.1, 0.15) is 16.8 Å². The van der Waals surface area contributed by atoms with Crippen LogP contribution in [0.2, 0.25) is 0 Å². The number of carbonyl (C=O) groups is 2. The first-order valence-electron chi connectivity index (χ1n) is 10.0. The molecule has 1 aliphatic heterocycles. The van der Waals surface area contributed by atoms with Gasteiger partial charge in [0.1, 0.15) is 0 Å². The summed E-state index contributed by atoms with van der Waals surface area (Å²) < 4.78 is 12.4. The summed E-state index contributed by atoms with van der Waals surface area (Å²) in [6.45, 7) is 3.38. The van der Waals surface area contributed by atoms with Gasteiger partial charge in [-0.1, -0.05) is 18.2 Å². The van der Waals surface area contributed by atoms with Gasteiger partial charge in [0, 0.05) is 43.5 Å². The predicted octanol–water partition coefficient (Wildman–Crippen LogP) is 3.29. The number of para-hydroxylation sites is 1. The summed E-state index contributed by atoms with van der Waals surface area (Å²) in [6, 6.07) is 15.5. The molecule has 0 radical (unpaired) electrons. The maximum atomic E-state index is 12.6. The fraction of sp³-hybridized carbons (Fsp3) is 0.304. The van der Waals surface area contributed by atoms with E-state index in [2.05, 4.69) is 14.8 Å². The summed E-state index contributed by atoms with van der Waals surface area (Å²) in [7, 11) is 1.34. The van der Waals surface area contributed by atoms with Crippen LogP contribution in [0.4, 0.5) is 11.4 Å². The predicted molar refractivity (Wildman–Crippen MR) is 116 cm³/mol. The minimum atomic E-state index is -0.475. The van der Waals surface area contributed by atoms with Crippen molar-refractivity contribution < 1.29 is 19.1 Å². The Balaban J connectivity index is 1.47. The average molecular weight is 407 g/mol. The maximum Gasteiger partial charge on any atom is 0.340 e. The normalized spacial score (nSPS) is 14.0. The molecule has 0 aliphatic carbocycles. The summed E-state index contributed by atoms with van der Waals surface area (Å²) in [6.07, 6.45) is 2.28. The Morgan fingerprint density at radius 1 is 1.10 bits per heavy atom. The second kappa shape index (κ2) is 9.00. The Bertz CT molecular complexity index is 1050. The number of nitrogens with zero attached hydrogens (tertiary/aromatic N) is 2. The number of hydrogen-bond donors (Lipinski definition) is 1. The number of anilines is 2. The van der Waals surface area contributed by atoms with Gasteiger partial charge in [-0.3, -0.25) is 4.79 Å². The maximum absolute atomic E-state index is 12.6. The molecule has 2 aromatic carbocycles. The van der Waals surface area contributed by atoms with Gasteiger partial charge in [-0.15, -0.1) is 0 Å². The average Bonchev–Trinajstić information content (AvgIpc) is 3.21. The van der Waals surface area contributed by atoms with Crippen LogP contribution in [0.3, 0.4) is 0 Å². The number of aromatic nitrogens is 1. The summed E-state index contributed by atoms with van der Waals surface area (Å²) in [5.74, 6) is -0.631. The zero-order chi connectivity index (χ0) is 20.9. The third-order valence-corrected chi connectivity index (χ3v) is 5.32. The van der Waals surface area contributed by atoms with E-state index in [-0.39, 0.29) is 5.91 Å². The molecule has 0 atom stereocenters. The van der Waals surface area contributed by atoms with Crippen molar-refractivity contribution in [2.45, 2.75) is 13.0 Å². The van der Waals surface area contributed by atoms with E-state index in [4.69, 9.17) is 9.47 Å². The molecule has 30 heavy (non-hydrogen) atoms. The highest BCUT2D eigenvalue weighted by atomic mass is 16.5. The van der Waals surface area contributed by atoms with E-state index < -0.39 is 5.97 Å². The fourth-order valence-electron chi connectivity index (χ4n) is 3.71. The first-order chi connectivity index (χ1) is 14.7. The van der Waals surface area contributed by atoms with Gasteiger partial charge in [0.2, 0.25) is 5.91 Å². The Morgan fingerprint density at radius 2 is 1.90 bits per heavy atom. The number of rotatable bonds is 6. The van der Waals surface area contributed by atoms with E-state index in [1.54, 1.807) is 12.1 Å². The number of amides is 1. The van der Waals surface area contributed by atoms with Crippen LogP contribution in [0.5, 0.6) is 0 Å². The van der Waals surface area contributed by atoms with E-state index in [0.29, 0.717) is 37.4 Å². The van der Waals surface area contributed by atoms with Gasteiger partial charge in [-0.25, -0.2) is 4.79 Å². The van der Waals surface area contributed by atoms with Gasteiger partial charge in [0.15, 0.2) is 0 Å². The van der Waals surface area contributed by atoms with E-state index in [0.717, 1.165) is 29.7 Å². The molecule has 7 heteroatoms. The molecule has 156 valence electrons. The van der Waals surface area contributed by atoms with Gasteiger partial charge in [-0.05, 0) is 35.7 Å². The Hall–Kier alpha value is -3.32. The SMILES string of the molecule is COC(=O)c1cc(N2CCOCC2)ccc1NC(=O)CCn1ccc2ccccc21. The van der Waals surface area contributed by atoms with Crippen LogP contribution >= 0.6 is 0 Å². The molecule has 2 heterocycles. The molecule has 0 unspecified atom stereocenters. The van der Waals surface area contributed by atoms with E-state index >= 15 is 0 Å². The lowest BCUT2D eigenvalue weighted by Crippen LogP contribution is -2.36. The molecular weight excluding hydrogens is 382 g/mol. The molecule has 1 N–H and O–H groups in total. The first kappa shape index (κ1) is 20.0. The van der Waals surface area contributed by atoms with Gasteiger partial charge < -0.3 is 24.3 Å². The summed E-state index contributed by atoms with van der Waals surface area (Å²) in [4.78, 5) is 27.1. The van der Waals surface area contributed by atoms with Crippen molar-refractivity contribution in [3.8, 4) is 0 Å². The van der Waals surface area contributed by atoms with E-state index in [1.165, 1.54) is 7.11 Å². The van der Waals surface area contributed by atoms with Crippen molar-refractivity contribution in [1.82, 2.24) is 4.57 Å². The van der Waals surface area contributed by atoms with Gasteiger partial charge in [0.05, 0.1) is 31.6 Å². The number of benzene rings is 2. The van der Waals surface area contributed by atoms with Gasteiger partial charge in [0.25, 0.3) is 0 Å². The molecule has 3 aromatic rings. The summed E-state index contributed by atoms with van der Waals surface area (Å²) in [5, 5.41) is 4.01. The number of hydrogen-bond acceptors (Lipinski definition) is 5. The standard InChI is InChI=1S/C23H25N3O4/c1-29-23(28)19-16-18(25-12-14-30-15-13-25)6-7-20(19)24-22(27)9-11-26-10-8-17-4-2-3-5-21(17)26/h2-8,10,16H,9,11-15H2,1H3,(H,24,27). The van der Waals surface area contributed by atoms with Crippen LogP contribution in [-0.4, -0.2) is 49.9 Å². The molecule has 0 bridgehead atoms. The molecule has 1 saturated heterocycles. The van der Waals surface area contributed by atoms with Gasteiger partial charge >= 0.3 is 5.97 Å². The van der Waals surface area contributed by atoms with Crippen LogP contribution < -0.4 is 10.2 Å². The summed E-state index contributed by atoms with van der Waals surface area (Å²) >= 11 is 0. The van der Waals surface area contributed by atoms with Crippen LogP contribution in [0.25, 0.3) is 10.9 Å². The zero-order valence-corrected chi connectivity index (χ0v) is 17.0. The Labute approximate surface area is 175 Å². The number of carbonyl (C=O) groups excluding carboxylic acids is 2. The lowest BCUT2D eigenvalue weighted by molar-refractivity contribution is -0.116. The van der Waals surface area contributed by atoms with Crippen molar-refractivity contribution in [3.05, 3.63) is 60.3 Å². The summed E-state index contributed by atoms with van der Waals surface area (Å²) in [5.41, 5.74) is 2.81. The number of morpholine rings is 1. The Kier molecular flexibility index (Phi) is 5.99. The lowest BCUT2D eigenvalue weighted by Gasteiger charge is -2.29. The highest BCUT2D eigenvalue weighted by Gasteiger charge is 2.18. The lowest BCUT2D eigenvalue weighted by atomic mass is 10.1. The third-order valence-electron chi connectivity index (χ3n) is 5.32. The quantitative estimate of drug-likeness (QED) is 0.635. The van der Waals surface area contributed by atoms with E-state index in [9.17, 15) is 9.59 Å². The topological polar surface area (TPSA) is 72.8 Å². The molecular formula is C23H25N3O4. The highest BCUT2D eigenvalue weighted by Crippen LogP contribution is 2.25. The van der Waals surface area contributed by atoms with Crippen LogP contribution in [0, 0.1) is 0 Å². The second-order valence-electron chi connectivity index (χ2n) is 7.19. The number of methoxy groups -OCH3 is 1. The van der Waals surface area contributed by atoms with Crippen molar-refractivity contribution >= 4 is 34.2 Å². The molecule has 7 nitrogen and oxygen atoms in total. The largest absolute Gasteiger partial charge is 0.465 e. The van der Waals surface area contributed by atoms with Crippen molar-refractivity contribution in [2.24, 2.45) is 0 Å². The van der Waals surface area contributed by atoms with Crippen molar-refractivity contribution in [3.63, 3.8) is 0 Å². The van der Waals surface area contributed by atoms with E-state index in [1.807, 2.05) is 42.6 Å². The monoisotopic (exact) mass is 407 g/mol. The van der Waals surface area contributed by atoms with Gasteiger partial charge in [-0.2, -0.15) is 0 Å². The molecule has 1 fully saturated rings. The number of esters is 1. The number of ether oxygens (including phenoxy) is 2. The second-order valence-corrected chi connectivity index (χ2v) is 7.19. The molecule has 1 amide bonds. The first-order valence-corrected chi connectivity index (χ1v) is 10.0. The van der Waals surface area contributed by atoms with Crippen LogP contribution in [-0.2, 0) is 20.8 Å². The molecule has 0 spiro atoms. The minimum absolute atomic E-state index is 0.156. The molecule has 1 aromatic heterocycles. The van der Waals surface area contributed by atoms with Crippen molar-refractivity contribution in [1.29, 1.82) is 0 Å². The fourth-order valence-corrected chi connectivity index (χ4v) is 3.71. The number of nitrogens with one attached hydrogen (secondary N) is 1. The highest BCUT2D eigenvalue weighted by molar-refractivity contribution is 6.02. The number of fused-ring (bicyclic) bond motifs is 1.